The van der Waals surface area contributed by atoms with E-state index in [1.54, 1.807) is 0 Å². The second-order valence-electron chi connectivity index (χ2n) is 6.66. The van der Waals surface area contributed by atoms with Crippen LogP contribution in [0.4, 0.5) is 5.82 Å². The number of hydrogen-bond donors (Lipinski definition) is 3. The van der Waals surface area contributed by atoms with Crippen LogP contribution in [0, 0.1) is 0 Å². The molecule has 1 aromatic carbocycles. The molecule has 0 saturated heterocycles. The van der Waals surface area contributed by atoms with E-state index in [1.807, 2.05) is 12.1 Å². The van der Waals surface area contributed by atoms with E-state index < -0.39 is 12.0 Å². The quantitative estimate of drug-likeness (QED) is 0.721. The molecule has 0 aliphatic carbocycles. The molecule has 1 aliphatic rings. The molecule has 0 radical (unpaired) electrons. The minimum absolute atomic E-state index is 0.363. The lowest BCUT2D eigenvalue weighted by molar-refractivity contribution is -0.138. The number of nitrogens with two attached hydrogens (primary N) is 1. The smallest absolute Gasteiger partial charge is 0.320 e. The van der Waals surface area contributed by atoms with Crippen LogP contribution in [-0.2, 0) is 30.5 Å². The molecule has 1 aromatic heterocycles. The van der Waals surface area contributed by atoms with Crippen molar-refractivity contribution in [2.45, 2.75) is 44.6 Å². The van der Waals surface area contributed by atoms with Gasteiger partial charge in [0.15, 0.2) is 0 Å². The minimum Gasteiger partial charge on any atom is -0.480 e. The number of aliphatic carboxylic acids is 1. The van der Waals surface area contributed by atoms with Gasteiger partial charge in [-0.3, -0.25) is 4.79 Å². The first-order chi connectivity index (χ1) is 12.1. The first-order valence-corrected chi connectivity index (χ1v) is 8.91. The molecular formula is C20H25N3O2. The highest BCUT2D eigenvalue weighted by atomic mass is 16.4. The van der Waals surface area contributed by atoms with Crippen molar-refractivity contribution in [1.82, 2.24) is 4.98 Å². The van der Waals surface area contributed by atoms with Gasteiger partial charge in [-0.05, 0) is 61.3 Å². The molecule has 132 valence electrons. The van der Waals surface area contributed by atoms with Crippen molar-refractivity contribution < 1.29 is 9.90 Å². The van der Waals surface area contributed by atoms with Crippen molar-refractivity contribution in [2.24, 2.45) is 5.73 Å². The van der Waals surface area contributed by atoms with Crippen LogP contribution in [-0.4, -0.2) is 28.6 Å². The zero-order chi connectivity index (χ0) is 17.6. The van der Waals surface area contributed by atoms with Crippen molar-refractivity contribution in [1.29, 1.82) is 0 Å². The summed E-state index contributed by atoms with van der Waals surface area (Å²) in [4.78, 5) is 15.5. The SMILES string of the molecule is N[C@@H](Cc1ccc(CCCc2ccc3c(n2)NCCC3)cc1)C(=O)O. The average Bonchev–Trinajstić information content (AvgIpc) is 2.63. The maximum Gasteiger partial charge on any atom is 0.320 e. The van der Waals surface area contributed by atoms with Crippen LogP contribution in [0.3, 0.4) is 0 Å². The Hall–Kier alpha value is -2.40. The molecule has 1 atom stereocenters. The van der Waals surface area contributed by atoms with Gasteiger partial charge in [0.25, 0.3) is 0 Å². The number of aryl methyl sites for hydroxylation is 3. The number of hydrogen-bond acceptors (Lipinski definition) is 4. The maximum absolute atomic E-state index is 10.8. The zero-order valence-electron chi connectivity index (χ0n) is 14.4. The van der Waals surface area contributed by atoms with E-state index in [4.69, 9.17) is 15.8 Å². The molecule has 0 bridgehead atoms. The summed E-state index contributed by atoms with van der Waals surface area (Å²) in [5, 5.41) is 12.2. The lowest BCUT2D eigenvalue weighted by Crippen LogP contribution is -2.32. The summed E-state index contributed by atoms with van der Waals surface area (Å²) in [7, 11) is 0. The van der Waals surface area contributed by atoms with Crippen LogP contribution < -0.4 is 11.1 Å². The highest BCUT2D eigenvalue weighted by molar-refractivity contribution is 5.73. The Labute approximate surface area is 148 Å². The third kappa shape index (κ3) is 4.79. The van der Waals surface area contributed by atoms with E-state index >= 15 is 0 Å². The molecule has 25 heavy (non-hydrogen) atoms. The average molecular weight is 339 g/mol. The van der Waals surface area contributed by atoms with Crippen LogP contribution in [0.25, 0.3) is 0 Å². The van der Waals surface area contributed by atoms with E-state index in [1.165, 1.54) is 17.5 Å². The first kappa shape index (κ1) is 17.4. The minimum atomic E-state index is -0.962. The van der Waals surface area contributed by atoms with Gasteiger partial charge in [0, 0.05) is 12.2 Å². The molecule has 0 spiro atoms. The Morgan fingerprint density at radius 1 is 1.16 bits per heavy atom. The van der Waals surface area contributed by atoms with Gasteiger partial charge < -0.3 is 16.2 Å². The Morgan fingerprint density at radius 2 is 1.92 bits per heavy atom. The van der Waals surface area contributed by atoms with Gasteiger partial charge in [0.05, 0.1) is 0 Å². The van der Waals surface area contributed by atoms with E-state index in [0.717, 1.165) is 49.3 Å². The van der Waals surface area contributed by atoms with Crippen LogP contribution in [0.2, 0.25) is 0 Å². The highest BCUT2D eigenvalue weighted by Crippen LogP contribution is 2.20. The van der Waals surface area contributed by atoms with Crippen molar-refractivity contribution >= 4 is 11.8 Å². The molecule has 3 rings (SSSR count). The number of carboxylic acid groups (broad SMARTS) is 1. The Bertz CT molecular complexity index is 728. The van der Waals surface area contributed by atoms with E-state index in [0.29, 0.717) is 6.42 Å². The molecule has 4 N–H and O–H groups in total. The second kappa shape index (κ2) is 8.12. The van der Waals surface area contributed by atoms with Gasteiger partial charge in [-0.2, -0.15) is 0 Å². The fourth-order valence-corrected chi connectivity index (χ4v) is 3.16. The molecule has 0 unspecified atom stereocenters. The lowest BCUT2D eigenvalue weighted by Gasteiger charge is -2.17. The van der Waals surface area contributed by atoms with Crippen LogP contribution in [0.5, 0.6) is 0 Å². The number of anilines is 1. The normalized spacial score (nSPS) is 14.4. The van der Waals surface area contributed by atoms with Crippen LogP contribution in [0.1, 0.15) is 35.2 Å². The van der Waals surface area contributed by atoms with Gasteiger partial charge in [0.2, 0.25) is 0 Å². The number of rotatable bonds is 7. The van der Waals surface area contributed by atoms with Crippen LogP contribution >= 0.6 is 0 Å². The standard InChI is InChI=1S/C20H25N3O2/c21-18(20(24)25)13-15-8-6-14(7-9-15)3-1-5-17-11-10-16-4-2-12-22-19(16)23-17/h6-11,18H,1-5,12-13,21H2,(H,22,23)(H,24,25)/t18-/m0/s1. The number of carboxylic acids is 1. The van der Waals surface area contributed by atoms with Crippen molar-refractivity contribution in [3.63, 3.8) is 0 Å². The van der Waals surface area contributed by atoms with Gasteiger partial charge in [0.1, 0.15) is 11.9 Å². The molecule has 5 nitrogen and oxygen atoms in total. The summed E-state index contributed by atoms with van der Waals surface area (Å²) in [5.74, 6) is 0.0963. The van der Waals surface area contributed by atoms with Crippen molar-refractivity contribution in [3.05, 3.63) is 58.8 Å². The van der Waals surface area contributed by atoms with Gasteiger partial charge in [-0.25, -0.2) is 4.98 Å². The molecule has 5 heteroatoms. The number of fused-ring (bicyclic) bond motifs is 1. The first-order valence-electron chi connectivity index (χ1n) is 8.91. The fourth-order valence-electron chi connectivity index (χ4n) is 3.16. The third-order valence-electron chi connectivity index (χ3n) is 4.65. The summed E-state index contributed by atoms with van der Waals surface area (Å²) in [6.07, 6.45) is 5.65. The summed E-state index contributed by atoms with van der Waals surface area (Å²) >= 11 is 0. The fraction of sp³-hybridized carbons (Fsp3) is 0.400. The highest BCUT2D eigenvalue weighted by Gasteiger charge is 2.12. The van der Waals surface area contributed by atoms with Crippen molar-refractivity contribution in [2.75, 3.05) is 11.9 Å². The van der Waals surface area contributed by atoms with Gasteiger partial charge in [-0.15, -0.1) is 0 Å². The number of carbonyl (C=O) groups is 1. The Kier molecular flexibility index (Phi) is 5.66. The second-order valence-corrected chi connectivity index (χ2v) is 6.66. The number of nitrogens with one attached hydrogen (secondary N) is 1. The number of aromatic nitrogens is 1. The third-order valence-corrected chi connectivity index (χ3v) is 4.65. The summed E-state index contributed by atoms with van der Waals surface area (Å²) in [6, 6.07) is 11.6. The number of pyridine rings is 1. The predicted molar refractivity (Wildman–Crippen MR) is 98.8 cm³/mol. The van der Waals surface area contributed by atoms with E-state index in [2.05, 4.69) is 29.6 Å². The van der Waals surface area contributed by atoms with E-state index in [9.17, 15) is 4.79 Å². The topological polar surface area (TPSA) is 88.2 Å². The predicted octanol–water partition coefficient (Wildman–Crippen LogP) is 2.57. The van der Waals surface area contributed by atoms with Crippen molar-refractivity contribution in [3.8, 4) is 0 Å². The summed E-state index contributed by atoms with van der Waals surface area (Å²) in [6.45, 7) is 1.02. The molecule has 1 aliphatic heterocycles. The zero-order valence-corrected chi connectivity index (χ0v) is 14.4. The molecule has 2 aromatic rings. The Balaban J connectivity index is 1.49. The number of benzene rings is 1. The van der Waals surface area contributed by atoms with Gasteiger partial charge >= 0.3 is 5.97 Å². The lowest BCUT2D eigenvalue weighted by atomic mass is 10.0. The monoisotopic (exact) mass is 339 g/mol. The van der Waals surface area contributed by atoms with Gasteiger partial charge in [-0.1, -0.05) is 30.3 Å². The largest absolute Gasteiger partial charge is 0.480 e. The molecule has 0 saturated carbocycles. The maximum atomic E-state index is 10.8. The number of nitrogens with zero attached hydrogens (tertiary/aromatic N) is 1. The summed E-state index contributed by atoms with van der Waals surface area (Å²) in [5.41, 5.74) is 10.2. The molecule has 0 fully saturated rings. The molecule has 0 amide bonds. The molecular weight excluding hydrogens is 314 g/mol. The van der Waals surface area contributed by atoms with Crippen LogP contribution in [0.15, 0.2) is 36.4 Å². The molecule has 2 heterocycles. The Morgan fingerprint density at radius 3 is 2.68 bits per heavy atom. The summed E-state index contributed by atoms with van der Waals surface area (Å²) < 4.78 is 0. The van der Waals surface area contributed by atoms with E-state index in [-0.39, 0.29) is 0 Å².